The lowest BCUT2D eigenvalue weighted by Crippen LogP contribution is -2.29. The number of carbonyl (C=O) groups is 1. The summed E-state index contributed by atoms with van der Waals surface area (Å²) in [4.78, 5) is 14.4. The van der Waals surface area contributed by atoms with Gasteiger partial charge in [0.25, 0.3) is 0 Å². The molecule has 3 heteroatoms. The molecule has 1 atom stereocenters. The largest absolute Gasteiger partial charge is 0.508 e. The summed E-state index contributed by atoms with van der Waals surface area (Å²) in [6.45, 7) is 3.49. The fourth-order valence-electron chi connectivity index (χ4n) is 3.10. The van der Waals surface area contributed by atoms with E-state index in [0.717, 1.165) is 30.6 Å². The van der Waals surface area contributed by atoms with Crippen LogP contribution in [-0.2, 0) is 11.2 Å². The predicted molar refractivity (Wildman–Crippen MR) is 86.9 cm³/mol. The molecule has 2 aromatic rings. The van der Waals surface area contributed by atoms with Gasteiger partial charge < -0.3 is 10.0 Å². The van der Waals surface area contributed by atoms with E-state index in [1.165, 1.54) is 5.56 Å². The Morgan fingerprint density at radius 3 is 2.73 bits per heavy atom. The predicted octanol–water partition coefficient (Wildman–Crippen LogP) is 3.26. The van der Waals surface area contributed by atoms with Crippen LogP contribution in [0.1, 0.15) is 29.0 Å². The second kappa shape index (κ2) is 6.22. The highest BCUT2D eigenvalue weighted by molar-refractivity contribution is 5.79. The molecule has 3 nitrogen and oxygen atoms in total. The summed E-state index contributed by atoms with van der Waals surface area (Å²) < 4.78 is 0. The van der Waals surface area contributed by atoms with Gasteiger partial charge in [-0.05, 0) is 36.1 Å². The van der Waals surface area contributed by atoms with Crippen LogP contribution >= 0.6 is 0 Å². The molecular formula is C19H21NO2. The third kappa shape index (κ3) is 3.14. The molecule has 1 N–H and O–H groups in total. The Morgan fingerprint density at radius 1 is 1.23 bits per heavy atom. The number of rotatable bonds is 3. The molecule has 1 aliphatic heterocycles. The molecule has 1 amide bonds. The van der Waals surface area contributed by atoms with Crippen molar-refractivity contribution < 1.29 is 9.90 Å². The highest BCUT2D eigenvalue weighted by atomic mass is 16.3. The summed E-state index contributed by atoms with van der Waals surface area (Å²) in [5.74, 6) is 0.900. The molecule has 0 radical (unpaired) electrons. The van der Waals surface area contributed by atoms with Crippen LogP contribution in [0.15, 0.2) is 48.5 Å². The van der Waals surface area contributed by atoms with E-state index in [1.54, 1.807) is 6.07 Å². The third-order valence-corrected chi connectivity index (χ3v) is 4.43. The zero-order chi connectivity index (χ0) is 15.5. The van der Waals surface area contributed by atoms with E-state index >= 15 is 0 Å². The average Bonchev–Trinajstić information content (AvgIpc) is 3.02. The summed E-state index contributed by atoms with van der Waals surface area (Å²) in [6, 6.07) is 15.8. The zero-order valence-corrected chi connectivity index (χ0v) is 12.8. The minimum Gasteiger partial charge on any atom is -0.508 e. The number of phenolic OH excluding ortho intramolecular Hbond substituents is 1. The van der Waals surface area contributed by atoms with Crippen LogP contribution in [0.3, 0.4) is 0 Å². The molecule has 2 aromatic carbocycles. The Kier molecular flexibility index (Phi) is 4.14. The van der Waals surface area contributed by atoms with Gasteiger partial charge in [0, 0.05) is 19.0 Å². The summed E-state index contributed by atoms with van der Waals surface area (Å²) >= 11 is 0. The first-order valence-corrected chi connectivity index (χ1v) is 7.74. The van der Waals surface area contributed by atoms with Crippen LogP contribution in [0.2, 0.25) is 0 Å². The maximum atomic E-state index is 12.5. The van der Waals surface area contributed by atoms with E-state index in [-0.39, 0.29) is 11.7 Å². The number of benzene rings is 2. The molecule has 22 heavy (non-hydrogen) atoms. The van der Waals surface area contributed by atoms with Gasteiger partial charge in [0.15, 0.2) is 0 Å². The quantitative estimate of drug-likeness (QED) is 0.944. The van der Waals surface area contributed by atoms with E-state index in [9.17, 15) is 9.90 Å². The Bertz CT molecular complexity index is 666. The highest BCUT2D eigenvalue weighted by Gasteiger charge is 2.27. The van der Waals surface area contributed by atoms with E-state index in [4.69, 9.17) is 0 Å². The fraction of sp³-hybridized carbons (Fsp3) is 0.316. The van der Waals surface area contributed by atoms with Crippen molar-refractivity contribution in [2.24, 2.45) is 0 Å². The summed E-state index contributed by atoms with van der Waals surface area (Å²) in [5, 5.41) is 9.55. The number of nitrogens with zero attached hydrogens (tertiary/aromatic N) is 1. The number of aryl methyl sites for hydroxylation is 1. The molecule has 0 aromatic heterocycles. The van der Waals surface area contributed by atoms with Crippen molar-refractivity contribution in [2.75, 3.05) is 13.1 Å². The standard InChI is InChI=1S/C19H21NO2/c1-14-11-15(7-8-18(14)21)12-19(22)20-10-9-17(13-20)16-5-3-2-4-6-16/h2-8,11,17,21H,9-10,12-13H2,1H3/t17-/m1/s1. The first-order chi connectivity index (χ1) is 10.6. The Morgan fingerprint density at radius 2 is 2.00 bits per heavy atom. The molecule has 114 valence electrons. The smallest absolute Gasteiger partial charge is 0.227 e. The number of aromatic hydroxyl groups is 1. The Labute approximate surface area is 131 Å². The molecule has 1 fully saturated rings. The van der Waals surface area contributed by atoms with Crippen molar-refractivity contribution >= 4 is 5.91 Å². The highest BCUT2D eigenvalue weighted by Crippen LogP contribution is 2.27. The number of amides is 1. The van der Waals surface area contributed by atoms with Gasteiger partial charge in [-0.3, -0.25) is 4.79 Å². The lowest BCUT2D eigenvalue weighted by molar-refractivity contribution is -0.129. The topological polar surface area (TPSA) is 40.5 Å². The number of hydrogen-bond acceptors (Lipinski definition) is 2. The first kappa shape index (κ1) is 14.6. The van der Waals surface area contributed by atoms with Gasteiger partial charge in [-0.15, -0.1) is 0 Å². The molecule has 1 saturated heterocycles. The summed E-state index contributed by atoms with van der Waals surface area (Å²) in [7, 11) is 0. The number of phenols is 1. The Hall–Kier alpha value is -2.29. The minimum absolute atomic E-state index is 0.170. The van der Waals surface area contributed by atoms with Gasteiger partial charge in [-0.25, -0.2) is 0 Å². The number of carbonyl (C=O) groups excluding carboxylic acids is 1. The van der Waals surface area contributed by atoms with Gasteiger partial charge in [0.1, 0.15) is 5.75 Å². The second-order valence-electron chi connectivity index (χ2n) is 6.03. The molecule has 0 saturated carbocycles. The van der Waals surface area contributed by atoms with Crippen LogP contribution in [0.4, 0.5) is 0 Å². The van der Waals surface area contributed by atoms with Gasteiger partial charge >= 0.3 is 0 Å². The van der Waals surface area contributed by atoms with Crippen molar-refractivity contribution in [1.82, 2.24) is 4.90 Å². The van der Waals surface area contributed by atoms with Crippen molar-refractivity contribution in [1.29, 1.82) is 0 Å². The molecule has 0 aliphatic carbocycles. The molecule has 0 spiro atoms. The van der Waals surface area contributed by atoms with Crippen molar-refractivity contribution in [3.05, 3.63) is 65.2 Å². The van der Waals surface area contributed by atoms with E-state index in [1.807, 2.05) is 30.0 Å². The van der Waals surface area contributed by atoms with Crippen LogP contribution in [0.25, 0.3) is 0 Å². The normalized spacial score (nSPS) is 17.7. The van der Waals surface area contributed by atoms with E-state index in [2.05, 4.69) is 24.3 Å². The number of likely N-dealkylation sites (tertiary alicyclic amines) is 1. The van der Waals surface area contributed by atoms with Gasteiger partial charge in [-0.1, -0.05) is 42.5 Å². The molecule has 3 rings (SSSR count). The maximum absolute atomic E-state index is 12.5. The summed E-state index contributed by atoms with van der Waals surface area (Å²) in [5.41, 5.74) is 3.09. The first-order valence-electron chi connectivity index (χ1n) is 7.74. The van der Waals surface area contributed by atoms with Crippen LogP contribution in [0, 0.1) is 6.92 Å². The van der Waals surface area contributed by atoms with Crippen molar-refractivity contribution in [3.63, 3.8) is 0 Å². The van der Waals surface area contributed by atoms with Crippen LogP contribution < -0.4 is 0 Å². The monoisotopic (exact) mass is 295 g/mol. The molecule has 0 unspecified atom stereocenters. The molecule has 1 aliphatic rings. The minimum atomic E-state index is 0.170. The Balaban J connectivity index is 1.63. The molecular weight excluding hydrogens is 274 g/mol. The SMILES string of the molecule is Cc1cc(CC(=O)N2CC[C@@H](c3ccccc3)C2)ccc1O. The van der Waals surface area contributed by atoms with E-state index in [0.29, 0.717) is 12.3 Å². The van der Waals surface area contributed by atoms with Gasteiger partial charge in [-0.2, -0.15) is 0 Å². The van der Waals surface area contributed by atoms with E-state index < -0.39 is 0 Å². The zero-order valence-electron chi connectivity index (χ0n) is 12.8. The lowest BCUT2D eigenvalue weighted by Gasteiger charge is -2.17. The fourth-order valence-corrected chi connectivity index (χ4v) is 3.10. The number of hydrogen-bond donors (Lipinski definition) is 1. The lowest BCUT2D eigenvalue weighted by atomic mass is 9.99. The maximum Gasteiger partial charge on any atom is 0.227 e. The second-order valence-corrected chi connectivity index (χ2v) is 6.03. The van der Waals surface area contributed by atoms with Crippen molar-refractivity contribution in [3.8, 4) is 5.75 Å². The molecule has 1 heterocycles. The third-order valence-electron chi connectivity index (χ3n) is 4.43. The van der Waals surface area contributed by atoms with Crippen LogP contribution in [-0.4, -0.2) is 29.0 Å². The van der Waals surface area contributed by atoms with Crippen molar-refractivity contribution in [2.45, 2.75) is 25.7 Å². The molecule has 0 bridgehead atoms. The van der Waals surface area contributed by atoms with Gasteiger partial charge in [0.2, 0.25) is 5.91 Å². The van der Waals surface area contributed by atoms with Crippen LogP contribution in [0.5, 0.6) is 5.75 Å². The summed E-state index contributed by atoms with van der Waals surface area (Å²) in [6.07, 6.45) is 1.44. The van der Waals surface area contributed by atoms with Gasteiger partial charge in [0.05, 0.1) is 6.42 Å². The average molecular weight is 295 g/mol.